The summed E-state index contributed by atoms with van der Waals surface area (Å²) < 4.78 is 5.21. The van der Waals surface area contributed by atoms with Gasteiger partial charge in [0, 0.05) is 12.4 Å². The van der Waals surface area contributed by atoms with Crippen LogP contribution in [0.25, 0.3) is 0 Å². The Morgan fingerprint density at radius 3 is 2.59 bits per heavy atom. The lowest BCUT2D eigenvalue weighted by Crippen LogP contribution is -2.34. The van der Waals surface area contributed by atoms with Crippen LogP contribution in [0.5, 0.6) is 5.75 Å². The Labute approximate surface area is 101 Å². The van der Waals surface area contributed by atoms with E-state index in [-0.39, 0.29) is 0 Å². The Morgan fingerprint density at radius 2 is 1.94 bits per heavy atom. The zero-order valence-electron chi connectivity index (χ0n) is 10.1. The number of nitrogens with zero attached hydrogens (tertiary/aromatic N) is 1. The van der Waals surface area contributed by atoms with Crippen LogP contribution in [0.1, 0.15) is 18.1 Å². The Balaban J connectivity index is 2.44. The third kappa shape index (κ3) is 2.29. The molecule has 2 N–H and O–H groups in total. The highest BCUT2D eigenvalue weighted by Crippen LogP contribution is 2.28. The molecule has 0 aliphatic heterocycles. The fourth-order valence-corrected chi connectivity index (χ4v) is 1.78. The Morgan fingerprint density at radius 1 is 1.18 bits per heavy atom. The Bertz CT molecular complexity index is 495. The molecule has 88 valence electrons. The molecular weight excluding hydrogens is 212 g/mol. The molecule has 2 aromatic rings. The molecule has 0 aliphatic carbocycles. The average Bonchev–Trinajstić information content (AvgIpc) is 2.40. The van der Waals surface area contributed by atoms with Gasteiger partial charge in [-0.25, -0.2) is 0 Å². The SMILES string of the molecule is COc1cccc(C(C)(N)c2cccnc2)c1. The molecule has 0 saturated carbocycles. The zero-order valence-corrected chi connectivity index (χ0v) is 10.1. The number of aromatic nitrogens is 1. The second-order valence-electron chi connectivity index (χ2n) is 4.18. The van der Waals surface area contributed by atoms with Crippen molar-refractivity contribution in [3.63, 3.8) is 0 Å². The minimum atomic E-state index is -0.567. The summed E-state index contributed by atoms with van der Waals surface area (Å²) in [6, 6.07) is 11.7. The topological polar surface area (TPSA) is 48.1 Å². The molecule has 0 saturated heterocycles. The first-order valence-corrected chi connectivity index (χ1v) is 5.48. The van der Waals surface area contributed by atoms with Gasteiger partial charge in [0.25, 0.3) is 0 Å². The van der Waals surface area contributed by atoms with Gasteiger partial charge in [-0.3, -0.25) is 4.98 Å². The van der Waals surface area contributed by atoms with Crippen molar-refractivity contribution >= 4 is 0 Å². The summed E-state index contributed by atoms with van der Waals surface area (Å²) in [5, 5.41) is 0. The maximum absolute atomic E-state index is 6.39. The number of nitrogens with two attached hydrogens (primary N) is 1. The summed E-state index contributed by atoms with van der Waals surface area (Å²) >= 11 is 0. The first-order valence-electron chi connectivity index (χ1n) is 5.48. The molecule has 1 aromatic carbocycles. The largest absolute Gasteiger partial charge is 0.497 e. The molecule has 0 bridgehead atoms. The number of benzene rings is 1. The van der Waals surface area contributed by atoms with Crippen molar-refractivity contribution < 1.29 is 4.74 Å². The van der Waals surface area contributed by atoms with Crippen molar-refractivity contribution in [3.8, 4) is 5.75 Å². The van der Waals surface area contributed by atoms with Gasteiger partial charge in [0.1, 0.15) is 5.75 Å². The van der Waals surface area contributed by atoms with Crippen molar-refractivity contribution in [2.45, 2.75) is 12.5 Å². The molecule has 1 aromatic heterocycles. The van der Waals surface area contributed by atoms with E-state index in [0.717, 1.165) is 16.9 Å². The van der Waals surface area contributed by atoms with E-state index in [1.165, 1.54) is 0 Å². The zero-order chi connectivity index (χ0) is 12.3. The predicted molar refractivity (Wildman–Crippen MR) is 67.9 cm³/mol. The molecular formula is C14H16N2O. The molecule has 3 nitrogen and oxygen atoms in total. The van der Waals surface area contributed by atoms with Gasteiger partial charge >= 0.3 is 0 Å². The normalized spacial score (nSPS) is 14.1. The average molecular weight is 228 g/mol. The van der Waals surface area contributed by atoms with Crippen LogP contribution in [-0.2, 0) is 5.54 Å². The fourth-order valence-electron chi connectivity index (χ4n) is 1.78. The molecule has 1 heterocycles. The summed E-state index contributed by atoms with van der Waals surface area (Å²) in [7, 11) is 1.65. The molecule has 1 atom stereocenters. The van der Waals surface area contributed by atoms with E-state index < -0.39 is 5.54 Å². The highest BCUT2D eigenvalue weighted by Gasteiger charge is 2.24. The van der Waals surface area contributed by atoms with Gasteiger partial charge in [0.05, 0.1) is 12.6 Å². The van der Waals surface area contributed by atoms with Crippen molar-refractivity contribution in [1.82, 2.24) is 4.98 Å². The van der Waals surface area contributed by atoms with E-state index in [2.05, 4.69) is 4.98 Å². The highest BCUT2D eigenvalue weighted by molar-refractivity contribution is 5.39. The standard InChI is InChI=1S/C14H16N2O/c1-14(15,12-6-4-8-16-10-12)11-5-3-7-13(9-11)17-2/h3-10H,15H2,1-2H3. The van der Waals surface area contributed by atoms with Crippen molar-refractivity contribution in [1.29, 1.82) is 0 Å². The first kappa shape index (κ1) is 11.6. The lowest BCUT2D eigenvalue weighted by molar-refractivity contribution is 0.413. The Hall–Kier alpha value is -1.87. The molecule has 2 rings (SSSR count). The fraction of sp³-hybridized carbons (Fsp3) is 0.214. The number of methoxy groups -OCH3 is 1. The van der Waals surface area contributed by atoms with Gasteiger partial charge in [-0.2, -0.15) is 0 Å². The van der Waals surface area contributed by atoms with Gasteiger partial charge in [-0.15, -0.1) is 0 Å². The van der Waals surface area contributed by atoms with Crippen LogP contribution < -0.4 is 10.5 Å². The molecule has 0 spiro atoms. The Kier molecular flexibility index (Phi) is 3.11. The van der Waals surface area contributed by atoms with E-state index in [9.17, 15) is 0 Å². The van der Waals surface area contributed by atoms with Gasteiger partial charge in [-0.05, 0) is 36.2 Å². The van der Waals surface area contributed by atoms with E-state index in [0.29, 0.717) is 0 Å². The molecule has 1 unspecified atom stereocenters. The van der Waals surface area contributed by atoms with Crippen molar-refractivity contribution in [2.75, 3.05) is 7.11 Å². The first-order chi connectivity index (χ1) is 8.14. The van der Waals surface area contributed by atoms with Crippen LogP contribution in [0.4, 0.5) is 0 Å². The van der Waals surface area contributed by atoms with Crippen LogP contribution in [-0.4, -0.2) is 12.1 Å². The second-order valence-corrected chi connectivity index (χ2v) is 4.18. The molecule has 3 heteroatoms. The molecule has 0 amide bonds. The lowest BCUT2D eigenvalue weighted by Gasteiger charge is -2.25. The third-order valence-electron chi connectivity index (χ3n) is 2.93. The second kappa shape index (κ2) is 4.55. The maximum Gasteiger partial charge on any atom is 0.119 e. The highest BCUT2D eigenvalue weighted by atomic mass is 16.5. The minimum Gasteiger partial charge on any atom is -0.497 e. The molecule has 17 heavy (non-hydrogen) atoms. The summed E-state index contributed by atoms with van der Waals surface area (Å²) in [6.07, 6.45) is 3.53. The van der Waals surface area contributed by atoms with Crippen LogP contribution in [0.2, 0.25) is 0 Å². The molecule has 0 aliphatic rings. The summed E-state index contributed by atoms with van der Waals surface area (Å²) in [5.41, 5.74) is 7.81. The van der Waals surface area contributed by atoms with Crippen molar-refractivity contribution in [3.05, 3.63) is 59.9 Å². The number of hydrogen-bond donors (Lipinski definition) is 1. The van der Waals surface area contributed by atoms with Gasteiger partial charge in [-0.1, -0.05) is 18.2 Å². The van der Waals surface area contributed by atoms with Crippen LogP contribution in [0, 0.1) is 0 Å². The van der Waals surface area contributed by atoms with Gasteiger partial charge < -0.3 is 10.5 Å². The number of hydrogen-bond acceptors (Lipinski definition) is 3. The maximum atomic E-state index is 6.39. The summed E-state index contributed by atoms with van der Waals surface area (Å²) in [5.74, 6) is 0.808. The van der Waals surface area contributed by atoms with Crippen LogP contribution in [0.15, 0.2) is 48.8 Å². The number of rotatable bonds is 3. The lowest BCUT2D eigenvalue weighted by atomic mass is 9.86. The summed E-state index contributed by atoms with van der Waals surface area (Å²) in [4.78, 5) is 4.11. The van der Waals surface area contributed by atoms with E-state index in [1.807, 2.05) is 43.3 Å². The minimum absolute atomic E-state index is 0.567. The number of pyridine rings is 1. The van der Waals surface area contributed by atoms with Crippen LogP contribution in [0.3, 0.4) is 0 Å². The van der Waals surface area contributed by atoms with Crippen LogP contribution >= 0.6 is 0 Å². The van der Waals surface area contributed by atoms with Crippen molar-refractivity contribution in [2.24, 2.45) is 5.73 Å². The summed E-state index contributed by atoms with van der Waals surface area (Å²) in [6.45, 7) is 1.97. The molecule has 0 radical (unpaired) electrons. The monoisotopic (exact) mass is 228 g/mol. The number of ether oxygens (including phenoxy) is 1. The van der Waals surface area contributed by atoms with Gasteiger partial charge in [0.15, 0.2) is 0 Å². The van der Waals surface area contributed by atoms with E-state index in [1.54, 1.807) is 19.5 Å². The quantitative estimate of drug-likeness (QED) is 0.877. The third-order valence-corrected chi connectivity index (χ3v) is 2.93. The van der Waals surface area contributed by atoms with Gasteiger partial charge in [0.2, 0.25) is 0 Å². The smallest absolute Gasteiger partial charge is 0.119 e. The predicted octanol–water partition coefficient (Wildman–Crippen LogP) is 2.31. The van der Waals surface area contributed by atoms with E-state index in [4.69, 9.17) is 10.5 Å². The molecule has 0 fully saturated rings. The van der Waals surface area contributed by atoms with E-state index >= 15 is 0 Å².